The predicted octanol–water partition coefficient (Wildman–Crippen LogP) is 3.29. The molecule has 0 radical (unpaired) electrons. The number of anilines is 2. The second kappa shape index (κ2) is 7.07. The summed E-state index contributed by atoms with van der Waals surface area (Å²) in [6.45, 7) is 3.10. The maximum absolute atomic E-state index is 6.11. The second-order valence-electron chi connectivity index (χ2n) is 6.65. The van der Waals surface area contributed by atoms with E-state index in [9.17, 15) is 0 Å². The van der Waals surface area contributed by atoms with Gasteiger partial charge in [0.15, 0.2) is 11.6 Å². The van der Waals surface area contributed by atoms with Crippen LogP contribution in [0.15, 0.2) is 54.6 Å². The summed E-state index contributed by atoms with van der Waals surface area (Å²) in [6.07, 6.45) is 2.30. The van der Waals surface area contributed by atoms with Gasteiger partial charge < -0.3 is 11.1 Å². The molecule has 3 aromatic rings. The van der Waals surface area contributed by atoms with Crippen molar-refractivity contribution < 1.29 is 0 Å². The fourth-order valence-corrected chi connectivity index (χ4v) is 3.47. The van der Waals surface area contributed by atoms with E-state index in [0.29, 0.717) is 17.7 Å². The zero-order chi connectivity index (χ0) is 17.1. The van der Waals surface area contributed by atoms with Crippen molar-refractivity contribution in [1.29, 1.82) is 0 Å². The Morgan fingerprint density at radius 2 is 1.72 bits per heavy atom. The van der Waals surface area contributed by atoms with Crippen LogP contribution in [0.2, 0.25) is 0 Å². The number of likely N-dealkylation sites (tertiary alicyclic amines) is 1. The number of hydrogen-bond acceptors (Lipinski definition) is 5. The minimum Gasteiger partial charge on any atom is -0.381 e. The highest BCUT2D eigenvalue weighted by Gasteiger charge is 2.21. The van der Waals surface area contributed by atoms with Gasteiger partial charge in [-0.05, 0) is 37.1 Å². The molecule has 3 N–H and O–H groups in total. The van der Waals surface area contributed by atoms with Crippen molar-refractivity contribution >= 4 is 22.7 Å². The van der Waals surface area contributed by atoms with E-state index in [2.05, 4.69) is 50.5 Å². The molecule has 0 spiro atoms. The Bertz CT molecular complexity index is 849. The van der Waals surface area contributed by atoms with Gasteiger partial charge in [-0.1, -0.05) is 42.5 Å². The highest BCUT2D eigenvalue weighted by Crippen LogP contribution is 2.22. The topological polar surface area (TPSA) is 67.1 Å². The first-order valence-electron chi connectivity index (χ1n) is 8.83. The third-order valence-electron chi connectivity index (χ3n) is 4.69. The number of nitrogen functional groups attached to an aromatic ring is 1. The second-order valence-corrected chi connectivity index (χ2v) is 6.65. The van der Waals surface area contributed by atoms with Crippen LogP contribution in [-0.4, -0.2) is 34.0 Å². The average Bonchev–Trinajstić information content (AvgIpc) is 2.63. The van der Waals surface area contributed by atoms with Crippen molar-refractivity contribution in [3.8, 4) is 0 Å². The molecule has 1 aromatic heterocycles. The van der Waals surface area contributed by atoms with E-state index < -0.39 is 0 Å². The number of aromatic nitrogens is 2. The molecule has 1 aliphatic heterocycles. The number of fused-ring (bicyclic) bond motifs is 1. The molecule has 25 heavy (non-hydrogen) atoms. The molecular formula is C20H23N5. The smallest absolute Gasteiger partial charge is 0.169 e. The summed E-state index contributed by atoms with van der Waals surface area (Å²) in [5.41, 5.74) is 9.17. The van der Waals surface area contributed by atoms with Crippen LogP contribution in [0.1, 0.15) is 18.4 Å². The zero-order valence-corrected chi connectivity index (χ0v) is 14.2. The highest BCUT2D eigenvalue weighted by molar-refractivity contribution is 5.79. The third kappa shape index (κ3) is 3.72. The molecule has 1 fully saturated rings. The van der Waals surface area contributed by atoms with Gasteiger partial charge in [0, 0.05) is 19.1 Å². The molecule has 1 atom stereocenters. The molecule has 0 saturated carbocycles. The van der Waals surface area contributed by atoms with Crippen LogP contribution in [-0.2, 0) is 6.54 Å². The molecule has 5 heteroatoms. The number of hydrogen-bond donors (Lipinski definition) is 2. The maximum atomic E-state index is 6.11. The third-order valence-corrected chi connectivity index (χ3v) is 4.69. The fourth-order valence-electron chi connectivity index (χ4n) is 3.47. The molecule has 0 bridgehead atoms. The van der Waals surface area contributed by atoms with Crippen LogP contribution in [0, 0.1) is 0 Å². The fraction of sp³-hybridized carbons (Fsp3) is 0.300. The Hall–Kier alpha value is -2.66. The van der Waals surface area contributed by atoms with Crippen molar-refractivity contribution in [1.82, 2.24) is 14.9 Å². The van der Waals surface area contributed by atoms with Crippen LogP contribution in [0.5, 0.6) is 0 Å². The molecule has 2 heterocycles. The van der Waals surface area contributed by atoms with Gasteiger partial charge in [-0.3, -0.25) is 4.90 Å². The minimum atomic E-state index is 0.343. The molecule has 0 aliphatic carbocycles. The van der Waals surface area contributed by atoms with Crippen molar-refractivity contribution in [2.45, 2.75) is 25.4 Å². The Balaban J connectivity index is 1.46. The van der Waals surface area contributed by atoms with Crippen LogP contribution in [0.25, 0.3) is 11.0 Å². The number of nitrogens with zero attached hydrogens (tertiary/aromatic N) is 3. The summed E-state index contributed by atoms with van der Waals surface area (Å²) in [7, 11) is 0. The summed E-state index contributed by atoms with van der Waals surface area (Å²) in [6, 6.07) is 18.8. The molecule has 0 amide bonds. The van der Waals surface area contributed by atoms with Crippen molar-refractivity contribution in [2.75, 3.05) is 24.1 Å². The normalized spacial score (nSPS) is 18.3. The van der Waals surface area contributed by atoms with Gasteiger partial charge in [0.25, 0.3) is 0 Å². The van der Waals surface area contributed by atoms with E-state index >= 15 is 0 Å². The Kier molecular flexibility index (Phi) is 4.48. The van der Waals surface area contributed by atoms with E-state index in [0.717, 1.165) is 37.1 Å². The molecule has 128 valence electrons. The zero-order valence-electron chi connectivity index (χ0n) is 14.2. The van der Waals surface area contributed by atoms with Crippen molar-refractivity contribution in [3.63, 3.8) is 0 Å². The number of nitrogens with one attached hydrogen (secondary N) is 1. The summed E-state index contributed by atoms with van der Waals surface area (Å²) in [4.78, 5) is 11.6. The average molecular weight is 333 g/mol. The quantitative estimate of drug-likeness (QED) is 0.767. The first-order valence-corrected chi connectivity index (χ1v) is 8.83. The van der Waals surface area contributed by atoms with E-state index in [4.69, 9.17) is 5.73 Å². The molecule has 1 saturated heterocycles. The van der Waals surface area contributed by atoms with Crippen LogP contribution < -0.4 is 11.1 Å². The Morgan fingerprint density at radius 1 is 1.00 bits per heavy atom. The summed E-state index contributed by atoms with van der Waals surface area (Å²) in [5, 5.41) is 3.52. The van der Waals surface area contributed by atoms with Crippen LogP contribution >= 0.6 is 0 Å². The lowest BCUT2D eigenvalue weighted by Crippen LogP contribution is -2.41. The van der Waals surface area contributed by atoms with Gasteiger partial charge in [0.2, 0.25) is 0 Å². The van der Waals surface area contributed by atoms with Gasteiger partial charge in [-0.25, -0.2) is 9.97 Å². The predicted molar refractivity (Wildman–Crippen MR) is 102 cm³/mol. The number of benzene rings is 2. The van der Waals surface area contributed by atoms with E-state index in [1.54, 1.807) is 0 Å². The minimum absolute atomic E-state index is 0.343. The van der Waals surface area contributed by atoms with Crippen molar-refractivity contribution in [2.24, 2.45) is 0 Å². The van der Waals surface area contributed by atoms with Crippen molar-refractivity contribution in [3.05, 3.63) is 60.2 Å². The Morgan fingerprint density at radius 3 is 2.52 bits per heavy atom. The van der Waals surface area contributed by atoms with Crippen LogP contribution in [0.4, 0.5) is 11.6 Å². The van der Waals surface area contributed by atoms with Gasteiger partial charge >= 0.3 is 0 Å². The highest BCUT2D eigenvalue weighted by atomic mass is 15.2. The lowest BCUT2D eigenvalue weighted by molar-refractivity contribution is 0.208. The van der Waals surface area contributed by atoms with E-state index in [1.807, 2.05) is 24.3 Å². The molecule has 1 aliphatic rings. The number of nitrogens with two attached hydrogens (primary N) is 1. The standard InChI is InChI=1S/C20H23N5/c21-19-20(24-18-11-5-4-10-17(18)23-19)22-16-9-6-12-25(14-16)13-15-7-2-1-3-8-15/h1-5,7-8,10-11,16H,6,9,12-14H2,(H2,21,23)(H,22,24). The first kappa shape index (κ1) is 15.8. The SMILES string of the molecule is Nc1nc2ccccc2nc1NC1CCCN(Cc2ccccc2)C1. The maximum Gasteiger partial charge on any atom is 0.169 e. The largest absolute Gasteiger partial charge is 0.381 e. The molecular weight excluding hydrogens is 310 g/mol. The molecule has 4 rings (SSSR count). The number of rotatable bonds is 4. The van der Waals surface area contributed by atoms with Gasteiger partial charge in [-0.2, -0.15) is 0 Å². The number of para-hydroxylation sites is 2. The van der Waals surface area contributed by atoms with Gasteiger partial charge in [-0.15, -0.1) is 0 Å². The monoisotopic (exact) mass is 333 g/mol. The summed E-state index contributed by atoms with van der Waals surface area (Å²) >= 11 is 0. The van der Waals surface area contributed by atoms with E-state index in [1.165, 1.54) is 12.0 Å². The summed E-state index contributed by atoms with van der Waals surface area (Å²) in [5.74, 6) is 1.17. The molecule has 1 unspecified atom stereocenters. The molecule has 2 aromatic carbocycles. The summed E-state index contributed by atoms with van der Waals surface area (Å²) < 4.78 is 0. The number of piperidine rings is 1. The lowest BCUT2D eigenvalue weighted by atomic mass is 10.0. The van der Waals surface area contributed by atoms with Crippen LogP contribution in [0.3, 0.4) is 0 Å². The first-order chi connectivity index (χ1) is 12.3. The lowest BCUT2D eigenvalue weighted by Gasteiger charge is -2.33. The Labute approximate surface area is 147 Å². The molecule has 5 nitrogen and oxygen atoms in total. The van der Waals surface area contributed by atoms with Gasteiger partial charge in [0.05, 0.1) is 11.0 Å². The van der Waals surface area contributed by atoms with E-state index in [-0.39, 0.29) is 0 Å². The van der Waals surface area contributed by atoms with Gasteiger partial charge in [0.1, 0.15) is 0 Å².